The van der Waals surface area contributed by atoms with Crippen LogP contribution in [0.1, 0.15) is 22.9 Å². The van der Waals surface area contributed by atoms with E-state index in [1.807, 2.05) is 25.3 Å². The molecule has 3 aromatic rings. The zero-order valence-corrected chi connectivity index (χ0v) is 15.2. The van der Waals surface area contributed by atoms with Gasteiger partial charge >= 0.3 is 0 Å². The Hall–Kier alpha value is -2.44. The van der Waals surface area contributed by atoms with Crippen LogP contribution in [0.25, 0.3) is 0 Å². The summed E-state index contributed by atoms with van der Waals surface area (Å²) >= 11 is 0. The van der Waals surface area contributed by atoms with Crippen LogP contribution >= 0.6 is 0 Å². The number of aryl methyl sites for hydroxylation is 1. The highest BCUT2D eigenvalue weighted by Crippen LogP contribution is 2.36. The Kier molecular flexibility index (Phi) is 4.17. The topological polar surface area (TPSA) is 42.3 Å². The molecule has 2 aromatic carbocycles. The number of rotatable bonds is 3. The monoisotopic (exact) mass is 370 g/mol. The number of nitrogens with zero attached hydrogens (tertiary/aromatic N) is 2. The van der Waals surface area contributed by atoms with Gasteiger partial charge in [-0.15, -0.1) is 0 Å². The minimum atomic E-state index is -3.68. The highest BCUT2D eigenvalue weighted by Gasteiger charge is 2.37. The molecule has 1 unspecified atom stereocenters. The molecule has 1 atom stereocenters. The van der Waals surface area contributed by atoms with Crippen LogP contribution in [0.5, 0.6) is 0 Å². The van der Waals surface area contributed by atoms with Gasteiger partial charge < -0.3 is 4.57 Å². The SMILES string of the molecule is Cc1ccc(S(=O)(=O)N2CCn3cccc3C2c2ccc(F)cc2)cc1. The maximum Gasteiger partial charge on any atom is 0.244 e. The molecule has 2 heterocycles. The van der Waals surface area contributed by atoms with Crippen LogP contribution < -0.4 is 0 Å². The number of halogens is 1. The van der Waals surface area contributed by atoms with Crippen molar-refractivity contribution in [3.05, 3.63) is 89.5 Å². The van der Waals surface area contributed by atoms with Crippen LogP contribution in [0.15, 0.2) is 71.8 Å². The highest BCUT2D eigenvalue weighted by atomic mass is 32.2. The van der Waals surface area contributed by atoms with E-state index >= 15 is 0 Å². The van der Waals surface area contributed by atoms with E-state index in [9.17, 15) is 12.8 Å². The summed E-state index contributed by atoms with van der Waals surface area (Å²) in [6, 6.07) is 16.3. The van der Waals surface area contributed by atoms with Gasteiger partial charge in [0.05, 0.1) is 10.9 Å². The van der Waals surface area contributed by atoms with E-state index in [-0.39, 0.29) is 10.7 Å². The van der Waals surface area contributed by atoms with Gasteiger partial charge in [0, 0.05) is 25.0 Å². The Balaban J connectivity index is 1.83. The summed E-state index contributed by atoms with van der Waals surface area (Å²) in [6.45, 7) is 2.87. The van der Waals surface area contributed by atoms with Gasteiger partial charge in [-0.3, -0.25) is 0 Å². The van der Waals surface area contributed by atoms with E-state index < -0.39 is 16.1 Å². The Bertz CT molecular complexity index is 1020. The van der Waals surface area contributed by atoms with Crippen molar-refractivity contribution in [2.24, 2.45) is 0 Å². The lowest BCUT2D eigenvalue weighted by Crippen LogP contribution is -2.42. The summed E-state index contributed by atoms with van der Waals surface area (Å²) in [5.74, 6) is -0.340. The maximum absolute atomic E-state index is 13.4. The second-order valence-corrected chi connectivity index (χ2v) is 8.40. The molecule has 0 radical (unpaired) electrons. The lowest BCUT2D eigenvalue weighted by molar-refractivity contribution is 0.298. The summed E-state index contributed by atoms with van der Waals surface area (Å²) in [4.78, 5) is 0.273. The van der Waals surface area contributed by atoms with E-state index in [2.05, 4.69) is 4.57 Å². The first-order valence-corrected chi connectivity index (χ1v) is 9.90. The first-order chi connectivity index (χ1) is 12.5. The molecule has 0 saturated heterocycles. The summed E-state index contributed by atoms with van der Waals surface area (Å²) in [5.41, 5.74) is 2.65. The Morgan fingerprint density at radius 1 is 0.962 bits per heavy atom. The van der Waals surface area contributed by atoms with Crippen LogP contribution in [0, 0.1) is 12.7 Å². The lowest BCUT2D eigenvalue weighted by atomic mass is 10.0. The number of benzene rings is 2. The quantitative estimate of drug-likeness (QED) is 0.705. The molecule has 4 nitrogen and oxygen atoms in total. The summed E-state index contributed by atoms with van der Waals surface area (Å²) in [6.07, 6.45) is 1.95. The van der Waals surface area contributed by atoms with Crippen molar-refractivity contribution in [1.82, 2.24) is 8.87 Å². The zero-order valence-electron chi connectivity index (χ0n) is 14.3. The minimum Gasteiger partial charge on any atom is -0.348 e. The molecule has 26 heavy (non-hydrogen) atoms. The van der Waals surface area contributed by atoms with Gasteiger partial charge in [0.2, 0.25) is 10.0 Å². The van der Waals surface area contributed by atoms with Crippen molar-refractivity contribution in [2.75, 3.05) is 6.54 Å². The average Bonchev–Trinajstić information content (AvgIpc) is 3.11. The van der Waals surface area contributed by atoms with Gasteiger partial charge in [-0.2, -0.15) is 4.31 Å². The predicted molar refractivity (Wildman–Crippen MR) is 97.7 cm³/mol. The van der Waals surface area contributed by atoms with Crippen molar-refractivity contribution in [1.29, 1.82) is 0 Å². The third kappa shape index (κ3) is 2.85. The normalized spacial score (nSPS) is 17.8. The smallest absolute Gasteiger partial charge is 0.244 e. The van der Waals surface area contributed by atoms with E-state index in [0.717, 1.165) is 16.8 Å². The third-order valence-electron chi connectivity index (χ3n) is 4.81. The molecule has 0 fully saturated rings. The molecule has 0 bridgehead atoms. The van der Waals surface area contributed by atoms with Crippen LogP contribution in [0.4, 0.5) is 4.39 Å². The first-order valence-electron chi connectivity index (χ1n) is 8.46. The largest absolute Gasteiger partial charge is 0.348 e. The molecule has 134 valence electrons. The van der Waals surface area contributed by atoms with Gasteiger partial charge in [-0.25, -0.2) is 12.8 Å². The summed E-state index contributed by atoms with van der Waals surface area (Å²) in [7, 11) is -3.68. The first kappa shape index (κ1) is 17.0. The summed E-state index contributed by atoms with van der Waals surface area (Å²) < 4.78 is 43.6. The van der Waals surface area contributed by atoms with E-state index in [4.69, 9.17) is 0 Å². The molecule has 6 heteroatoms. The molecular formula is C20H19FN2O2S. The van der Waals surface area contributed by atoms with E-state index in [0.29, 0.717) is 13.1 Å². The van der Waals surface area contributed by atoms with Gasteiger partial charge in [-0.05, 0) is 48.9 Å². The van der Waals surface area contributed by atoms with Gasteiger partial charge in [0.25, 0.3) is 0 Å². The standard InChI is InChI=1S/C20H19FN2O2S/c1-15-4-10-18(11-5-15)26(24,25)23-14-13-22-12-2-3-19(22)20(23)16-6-8-17(21)9-7-16/h2-12,20H,13-14H2,1H3. The molecule has 1 aliphatic rings. The summed E-state index contributed by atoms with van der Waals surface area (Å²) in [5, 5.41) is 0. The number of hydrogen-bond donors (Lipinski definition) is 0. The Labute approximate surface area is 152 Å². The fourth-order valence-corrected chi connectivity index (χ4v) is 5.03. The lowest BCUT2D eigenvalue weighted by Gasteiger charge is -2.36. The molecule has 0 N–H and O–H groups in total. The van der Waals surface area contributed by atoms with Crippen molar-refractivity contribution >= 4 is 10.0 Å². The molecule has 4 rings (SSSR count). The second kappa shape index (κ2) is 6.37. The molecule has 0 aliphatic carbocycles. The van der Waals surface area contributed by atoms with E-state index in [1.54, 1.807) is 36.4 Å². The zero-order chi connectivity index (χ0) is 18.3. The molecule has 0 spiro atoms. The van der Waals surface area contributed by atoms with Crippen LogP contribution in [-0.4, -0.2) is 23.8 Å². The predicted octanol–water partition coefficient (Wildman–Crippen LogP) is 3.73. The van der Waals surface area contributed by atoms with Gasteiger partial charge in [0.1, 0.15) is 5.82 Å². The maximum atomic E-state index is 13.4. The van der Waals surface area contributed by atoms with Gasteiger partial charge in [-0.1, -0.05) is 29.8 Å². The second-order valence-electron chi connectivity index (χ2n) is 6.51. The average molecular weight is 370 g/mol. The van der Waals surface area contributed by atoms with Crippen molar-refractivity contribution in [3.8, 4) is 0 Å². The number of aromatic nitrogens is 1. The number of fused-ring (bicyclic) bond motifs is 1. The van der Waals surface area contributed by atoms with Crippen LogP contribution in [-0.2, 0) is 16.6 Å². The number of sulfonamides is 1. The molecule has 1 aliphatic heterocycles. The molecule has 0 saturated carbocycles. The van der Waals surface area contributed by atoms with Crippen molar-refractivity contribution < 1.29 is 12.8 Å². The molecule has 1 aromatic heterocycles. The Morgan fingerprint density at radius 3 is 2.35 bits per heavy atom. The van der Waals surface area contributed by atoms with E-state index in [1.165, 1.54) is 16.4 Å². The van der Waals surface area contributed by atoms with Crippen LogP contribution in [0.2, 0.25) is 0 Å². The minimum absolute atomic E-state index is 0.273. The highest BCUT2D eigenvalue weighted by molar-refractivity contribution is 7.89. The number of hydrogen-bond acceptors (Lipinski definition) is 2. The molecular weight excluding hydrogens is 351 g/mol. The fourth-order valence-electron chi connectivity index (χ4n) is 3.45. The van der Waals surface area contributed by atoms with Crippen molar-refractivity contribution in [2.45, 2.75) is 24.4 Å². The van der Waals surface area contributed by atoms with Gasteiger partial charge in [0.15, 0.2) is 0 Å². The van der Waals surface area contributed by atoms with Crippen molar-refractivity contribution in [3.63, 3.8) is 0 Å². The third-order valence-corrected chi connectivity index (χ3v) is 6.69. The molecule has 0 amide bonds. The van der Waals surface area contributed by atoms with Crippen LogP contribution in [0.3, 0.4) is 0 Å². The fraction of sp³-hybridized carbons (Fsp3) is 0.200. The Morgan fingerprint density at radius 2 is 1.65 bits per heavy atom.